The quantitative estimate of drug-likeness (QED) is 0.662. The molecule has 1 aliphatic rings. The van der Waals surface area contributed by atoms with Crippen LogP contribution in [0.4, 0.5) is 5.69 Å². The first-order valence-corrected chi connectivity index (χ1v) is 9.13. The fourth-order valence-corrected chi connectivity index (χ4v) is 2.53. The molecule has 0 saturated heterocycles. The van der Waals surface area contributed by atoms with Crippen molar-refractivity contribution >= 4 is 35.1 Å². The Hall–Kier alpha value is -3.06. The molecular formula is C20H19ClN2O5. The van der Waals surface area contributed by atoms with Gasteiger partial charge in [-0.25, -0.2) is 4.79 Å². The number of anilines is 1. The second-order valence-corrected chi connectivity index (χ2v) is 6.68. The molecule has 2 N–H and O–H groups in total. The van der Waals surface area contributed by atoms with Crippen molar-refractivity contribution in [2.24, 2.45) is 0 Å². The Morgan fingerprint density at radius 1 is 1.04 bits per heavy atom. The zero-order chi connectivity index (χ0) is 19.9. The topological polar surface area (TPSA) is 93.7 Å². The van der Waals surface area contributed by atoms with Crippen molar-refractivity contribution in [1.82, 2.24) is 5.32 Å². The van der Waals surface area contributed by atoms with Gasteiger partial charge in [-0.3, -0.25) is 9.59 Å². The van der Waals surface area contributed by atoms with E-state index in [2.05, 4.69) is 10.6 Å². The maximum Gasteiger partial charge on any atom is 0.344 e. The van der Waals surface area contributed by atoms with E-state index >= 15 is 0 Å². The van der Waals surface area contributed by atoms with Crippen LogP contribution in [-0.2, 0) is 14.3 Å². The molecule has 8 heteroatoms. The Morgan fingerprint density at radius 2 is 1.82 bits per heavy atom. The summed E-state index contributed by atoms with van der Waals surface area (Å²) in [5.74, 6) is -1.08. The minimum Gasteiger partial charge on any atom is -0.482 e. The normalized spacial score (nSPS) is 12.8. The van der Waals surface area contributed by atoms with E-state index in [1.165, 1.54) is 0 Å². The number of amides is 2. The molecule has 0 spiro atoms. The second-order valence-electron chi connectivity index (χ2n) is 6.25. The summed E-state index contributed by atoms with van der Waals surface area (Å²) < 4.78 is 10.1. The smallest absolute Gasteiger partial charge is 0.344 e. The van der Waals surface area contributed by atoms with Crippen molar-refractivity contribution < 1.29 is 23.9 Å². The molecule has 1 saturated carbocycles. The van der Waals surface area contributed by atoms with Crippen LogP contribution in [0.3, 0.4) is 0 Å². The standard InChI is InChI=1S/C20H19ClN2O5/c21-13-4-3-5-15(10-13)27-12-19(25)28-11-18(24)23-17-7-2-1-6-16(17)20(26)22-14-8-9-14/h1-7,10,14H,8-9,11-12H2,(H,22,26)(H,23,24). The van der Waals surface area contributed by atoms with Crippen LogP contribution in [0.2, 0.25) is 5.02 Å². The first-order valence-electron chi connectivity index (χ1n) is 8.75. The predicted octanol–water partition coefficient (Wildman–Crippen LogP) is 2.79. The Labute approximate surface area is 167 Å². The summed E-state index contributed by atoms with van der Waals surface area (Å²) >= 11 is 5.83. The number of esters is 1. The van der Waals surface area contributed by atoms with Crippen molar-refractivity contribution in [3.05, 3.63) is 59.1 Å². The highest BCUT2D eigenvalue weighted by Crippen LogP contribution is 2.21. The third-order valence-corrected chi connectivity index (χ3v) is 4.11. The van der Waals surface area contributed by atoms with Crippen LogP contribution >= 0.6 is 11.6 Å². The molecule has 0 bridgehead atoms. The van der Waals surface area contributed by atoms with Crippen LogP contribution < -0.4 is 15.4 Å². The Balaban J connectivity index is 1.46. The number of nitrogens with one attached hydrogen (secondary N) is 2. The zero-order valence-electron chi connectivity index (χ0n) is 14.9. The number of ether oxygens (including phenoxy) is 2. The number of rotatable bonds is 8. The third kappa shape index (κ3) is 5.99. The lowest BCUT2D eigenvalue weighted by atomic mass is 10.1. The number of hydrogen-bond acceptors (Lipinski definition) is 5. The van der Waals surface area contributed by atoms with Gasteiger partial charge in [-0.05, 0) is 43.2 Å². The predicted molar refractivity (Wildman–Crippen MR) is 103 cm³/mol. The van der Waals surface area contributed by atoms with Gasteiger partial charge in [0, 0.05) is 11.1 Å². The average molecular weight is 403 g/mol. The first-order chi connectivity index (χ1) is 13.5. The number of benzene rings is 2. The molecule has 0 radical (unpaired) electrons. The largest absolute Gasteiger partial charge is 0.482 e. The molecule has 0 aliphatic heterocycles. The lowest BCUT2D eigenvalue weighted by Crippen LogP contribution is -2.28. The van der Waals surface area contributed by atoms with Crippen LogP contribution in [-0.4, -0.2) is 37.0 Å². The Bertz CT molecular complexity index is 882. The highest BCUT2D eigenvalue weighted by atomic mass is 35.5. The summed E-state index contributed by atoms with van der Waals surface area (Å²) in [6, 6.07) is 13.4. The molecular weight excluding hydrogens is 384 g/mol. The summed E-state index contributed by atoms with van der Waals surface area (Å²) in [6.07, 6.45) is 1.93. The maximum absolute atomic E-state index is 12.2. The highest BCUT2D eigenvalue weighted by Gasteiger charge is 2.25. The summed E-state index contributed by atoms with van der Waals surface area (Å²) in [5.41, 5.74) is 0.718. The number of carbonyl (C=O) groups excluding carboxylic acids is 3. The van der Waals surface area contributed by atoms with Gasteiger partial charge in [0.2, 0.25) is 0 Å². The summed E-state index contributed by atoms with van der Waals surface area (Å²) in [7, 11) is 0. The second kappa shape index (κ2) is 9.23. The van der Waals surface area contributed by atoms with Crippen LogP contribution in [0.15, 0.2) is 48.5 Å². The molecule has 1 fully saturated rings. The molecule has 0 heterocycles. The third-order valence-electron chi connectivity index (χ3n) is 3.88. The van der Waals surface area contributed by atoms with Crippen molar-refractivity contribution in [3.63, 3.8) is 0 Å². The van der Waals surface area contributed by atoms with E-state index in [1.54, 1.807) is 48.5 Å². The van der Waals surface area contributed by atoms with Crippen molar-refractivity contribution in [3.8, 4) is 5.75 Å². The van der Waals surface area contributed by atoms with E-state index in [9.17, 15) is 14.4 Å². The van der Waals surface area contributed by atoms with Crippen LogP contribution in [0.1, 0.15) is 23.2 Å². The van der Waals surface area contributed by atoms with Crippen LogP contribution in [0, 0.1) is 0 Å². The van der Waals surface area contributed by atoms with Gasteiger partial charge in [0.05, 0.1) is 11.3 Å². The average Bonchev–Trinajstić information content (AvgIpc) is 3.49. The molecule has 0 aromatic heterocycles. The molecule has 0 unspecified atom stereocenters. The van der Waals surface area contributed by atoms with E-state index in [0.717, 1.165) is 12.8 Å². The lowest BCUT2D eigenvalue weighted by molar-refractivity contribution is -0.149. The number of hydrogen-bond donors (Lipinski definition) is 2. The molecule has 3 rings (SSSR count). The summed E-state index contributed by atoms with van der Waals surface area (Å²) in [6.45, 7) is -0.843. The number of para-hydroxylation sites is 1. The number of halogens is 1. The van der Waals surface area contributed by atoms with E-state index in [-0.39, 0.29) is 18.6 Å². The van der Waals surface area contributed by atoms with Gasteiger partial charge in [-0.1, -0.05) is 29.8 Å². The van der Waals surface area contributed by atoms with Gasteiger partial charge in [-0.15, -0.1) is 0 Å². The van der Waals surface area contributed by atoms with E-state index < -0.39 is 18.5 Å². The Morgan fingerprint density at radius 3 is 2.57 bits per heavy atom. The Kier molecular flexibility index (Phi) is 6.49. The van der Waals surface area contributed by atoms with Crippen LogP contribution in [0.5, 0.6) is 5.75 Å². The molecule has 2 aromatic rings. The van der Waals surface area contributed by atoms with E-state index in [4.69, 9.17) is 21.1 Å². The van der Waals surface area contributed by atoms with Crippen molar-refractivity contribution in [2.75, 3.05) is 18.5 Å². The summed E-state index contributed by atoms with van der Waals surface area (Å²) in [5, 5.41) is 5.94. The minimum absolute atomic E-state index is 0.205. The zero-order valence-corrected chi connectivity index (χ0v) is 15.7. The monoisotopic (exact) mass is 402 g/mol. The molecule has 28 heavy (non-hydrogen) atoms. The SMILES string of the molecule is O=C(COC(=O)COc1cccc(Cl)c1)Nc1ccccc1C(=O)NC1CC1. The molecule has 7 nitrogen and oxygen atoms in total. The number of carbonyl (C=O) groups is 3. The van der Waals surface area contributed by atoms with Gasteiger partial charge in [0.15, 0.2) is 13.2 Å². The molecule has 146 valence electrons. The van der Waals surface area contributed by atoms with Crippen molar-refractivity contribution in [1.29, 1.82) is 0 Å². The van der Waals surface area contributed by atoms with E-state index in [1.807, 2.05) is 0 Å². The van der Waals surface area contributed by atoms with Gasteiger partial charge in [0.25, 0.3) is 11.8 Å². The van der Waals surface area contributed by atoms with Gasteiger partial charge < -0.3 is 20.1 Å². The fraction of sp³-hybridized carbons (Fsp3) is 0.250. The van der Waals surface area contributed by atoms with E-state index in [0.29, 0.717) is 22.0 Å². The van der Waals surface area contributed by atoms with Gasteiger partial charge in [0.1, 0.15) is 5.75 Å². The van der Waals surface area contributed by atoms with Gasteiger partial charge in [-0.2, -0.15) is 0 Å². The molecule has 2 amide bonds. The summed E-state index contributed by atoms with van der Waals surface area (Å²) in [4.78, 5) is 36.0. The molecule has 2 aromatic carbocycles. The van der Waals surface area contributed by atoms with Gasteiger partial charge >= 0.3 is 5.97 Å². The first kappa shape index (κ1) is 19.7. The fourth-order valence-electron chi connectivity index (χ4n) is 2.35. The lowest BCUT2D eigenvalue weighted by Gasteiger charge is -2.11. The minimum atomic E-state index is -0.699. The maximum atomic E-state index is 12.2. The molecule has 0 atom stereocenters. The highest BCUT2D eigenvalue weighted by molar-refractivity contribution is 6.30. The molecule has 1 aliphatic carbocycles. The van der Waals surface area contributed by atoms with Crippen LogP contribution in [0.25, 0.3) is 0 Å². The van der Waals surface area contributed by atoms with Crippen molar-refractivity contribution in [2.45, 2.75) is 18.9 Å².